The van der Waals surface area contributed by atoms with Crippen molar-refractivity contribution in [2.75, 3.05) is 37.6 Å². The normalized spacial score (nSPS) is 22.1. The van der Waals surface area contributed by atoms with Gasteiger partial charge in [0.2, 0.25) is 5.13 Å². The highest BCUT2D eigenvalue weighted by Crippen LogP contribution is 2.39. The van der Waals surface area contributed by atoms with Crippen molar-refractivity contribution in [1.82, 2.24) is 14.3 Å². The van der Waals surface area contributed by atoms with Gasteiger partial charge in [-0.1, -0.05) is 6.92 Å². The lowest BCUT2D eigenvalue weighted by Gasteiger charge is -2.34. The Morgan fingerprint density at radius 1 is 1.24 bits per heavy atom. The van der Waals surface area contributed by atoms with Gasteiger partial charge in [0, 0.05) is 43.6 Å². The van der Waals surface area contributed by atoms with Gasteiger partial charge in [-0.2, -0.15) is 4.37 Å². The van der Waals surface area contributed by atoms with Crippen molar-refractivity contribution in [2.45, 2.75) is 32.1 Å². The molecule has 1 saturated carbocycles. The number of piperazine rings is 1. The Morgan fingerprint density at radius 2 is 2.00 bits per heavy atom. The van der Waals surface area contributed by atoms with E-state index in [-0.39, 0.29) is 0 Å². The molecule has 2 fully saturated rings. The third-order valence-corrected chi connectivity index (χ3v) is 4.35. The highest BCUT2D eigenvalue weighted by Gasteiger charge is 2.29. The summed E-state index contributed by atoms with van der Waals surface area (Å²) < 4.78 is 4.48. The molecule has 3 rings (SSSR count). The Hall–Kier alpha value is -0.680. The van der Waals surface area contributed by atoms with Crippen LogP contribution in [0.15, 0.2) is 0 Å². The standard InChI is InChI=1S/C12H20N4S/c1-2-5-15-6-8-16(9-7-15)12-13-11(14-17-12)10-3-4-10/h10H,2-9H2,1H3. The summed E-state index contributed by atoms with van der Waals surface area (Å²) in [6.07, 6.45) is 3.84. The molecule has 17 heavy (non-hydrogen) atoms. The molecule has 1 aromatic rings. The van der Waals surface area contributed by atoms with E-state index in [0.29, 0.717) is 5.92 Å². The van der Waals surface area contributed by atoms with Crippen LogP contribution in [-0.2, 0) is 0 Å². The molecule has 0 spiro atoms. The number of rotatable bonds is 4. The van der Waals surface area contributed by atoms with E-state index in [1.54, 1.807) is 11.5 Å². The van der Waals surface area contributed by atoms with Crippen LogP contribution in [0.2, 0.25) is 0 Å². The van der Waals surface area contributed by atoms with Gasteiger partial charge in [-0.05, 0) is 25.8 Å². The average molecular weight is 252 g/mol. The summed E-state index contributed by atoms with van der Waals surface area (Å²) >= 11 is 1.59. The topological polar surface area (TPSA) is 32.3 Å². The van der Waals surface area contributed by atoms with Crippen LogP contribution in [0.5, 0.6) is 0 Å². The molecule has 0 atom stereocenters. The second-order valence-corrected chi connectivity index (χ2v) is 5.77. The zero-order valence-corrected chi connectivity index (χ0v) is 11.2. The lowest BCUT2D eigenvalue weighted by atomic mass is 10.3. The number of hydrogen-bond acceptors (Lipinski definition) is 5. The Balaban J connectivity index is 1.57. The second kappa shape index (κ2) is 4.90. The summed E-state index contributed by atoms with van der Waals surface area (Å²) in [6, 6.07) is 0. The van der Waals surface area contributed by atoms with Crippen LogP contribution in [0.4, 0.5) is 5.13 Å². The molecular weight excluding hydrogens is 232 g/mol. The third kappa shape index (κ3) is 2.60. The van der Waals surface area contributed by atoms with Gasteiger partial charge in [0.05, 0.1) is 0 Å². The van der Waals surface area contributed by atoms with Crippen LogP contribution in [0.25, 0.3) is 0 Å². The quantitative estimate of drug-likeness (QED) is 0.820. The first kappa shape index (κ1) is 11.4. The maximum absolute atomic E-state index is 4.68. The van der Waals surface area contributed by atoms with Crippen molar-refractivity contribution in [2.24, 2.45) is 0 Å². The molecule has 0 radical (unpaired) electrons. The van der Waals surface area contributed by atoms with Crippen LogP contribution >= 0.6 is 11.5 Å². The minimum absolute atomic E-state index is 0.682. The first-order valence-electron chi connectivity index (χ1n) is 6.67. The lowest BCUT2D eigenvalue weighted by molar-refractivity contribution is 0.258. The van der Waals surface area contributed by atoms with E-state index in [9.17, 15) is 0 Å². The first-order chi connectivity index (χ1) is 8.36. The molecule has 0 amide bonds. The predicted octanol–water partition coefficient (Wildman–Crippen LogP) is 1.95. The fourth-order valence-corrected chi connectivity index (χ4v) is 3.14. The van der Waals surface area contributed by atoms with E-state index >= 15 is 0 Å². The molecule has 0 bridgehead atoms. The molecule has 5 heteroatoms. The van der Waals surface area contributed by atoms with E-state index in [1.165, 1.54) is 38.9 Å². The van der Waals surface area contributed by atoms with Crippen molar-refractivity contribution in [3.8, 4) is 0 Å². The van der Waals surface area contributed by atoms with Gasteiger partial charge in [0.1, 0.15) is 5.82 Å². The van der Waals surface area contributed by atoms with Crippen LogP contribution in [0, 0.1) is 0 Å². The van der Waals surface area contributed by atoms with Crippen molar-refractivity contribution in [3.05, 3.63) is 5.82 Å². The summed E-state index contributed by atoms with van der Waals surface area (Å²) in [6.45, 7) is 8.05. The van der Waals surface area contributed by atoms with Crippen molar-refractivity contribution < 1.29 is 0 Å². The van der Waals surface area contributed by atoms with E-state index < -0.39 is 0 Å². The van der Waals surface area contributed by atoms with Gasteiger partial charge in [-0.3, -0.25) is 4.90 Å². The molecule has 0 unspecified atom stereocenters. The Bertz CT molecular complexity index is 366. The van der Waals surface area contributed by atoms with Gasteiger partial charge < -0.3 is 4.90 Å². The summed E-state index contributed by atoms with van der Waals surface area (Å²) in [5.41, 5.74) is 0. The zero-order valence-electron chi connectivity index (χ0n) is 10.4. The van der Waals surface area contributed by atoms with Crippen molar-refractivity contribution in [1.29, 1.82) is 0 Å². The summed E-state index contributed by atoms with van der Waals surface area (Å²) in [5, 5.41) is 1.14. The number of nitrogens with zero attached hydrogens (tertiary/aromatic N) is 4. The van der Waals surface area contributed by atoms with Gasteiger partial charge in [-0.25, -0.2) is 4.98 Å². The van der Waals surface area contributed by atoms with E-state index in [4.69, 9.17) is 0 Å². The summed E-state index contributed by atoms with van der Waals surface area (Å²) in [5.74, 6) is 1.78. The Labute approximate surface area is 107 Å². The van der Waals surface area contributed by atoms with Crippen LogP contribution < -0.4 is 4.90 Å². The van der Waals surface area contributed by atoms with Crippen LogP contribution in [0.3, 0.4) is 0 Å². The predicted molar refractivity (Wildman–Crippen MR) is 70.8 cm³/mol. The van der Waals surface area contributed by atoms with Gasteiger partial charge in [-0.15, -0.1) is 0 Å². The largest absolute Gasteiger partial charge is 0.344 e. The minimum Gasteiger partial charge on any atom is -0.344 e. The summed E-state index contributed by atoms with van der Waals surface area (Å²) in [7, 11) is 0. The van der Waals surface area contributed by atoms with Crippen molar-refractivity contribution >= 4 is 16.7 Å². The maximum Gasteiger partial charge on any atom is 0.205 e. The Morgan fingerprint density at radius 3 is 2.65 bits per heavy atom. The van der Waals surface area contributed by atoms with Crippen LogP contribution in [0.1, 0.15) is 37.9 Å². The number of hydrogen-bond donors (Lipinski definition) is 0. The molecule has 2 aliphatic rings. The van der Waals surface area contributed by atoms with Gasteiger partial charge in [0.25, 0.3) is 0 Å². The smallest absolute Gasteiger partial charge is 0.205 e. The monoisotopic (exact) mass is 252 g/mol. The number of anilines is 1. The number of aromatic nitrogens is 2. The molecular formula is C12H20N4S. The van der Waals surface area contributed by atoms with Crippen molar-refractivity contribution in [3.63, 3.8) is 0 Å². The molecule has 1 aliphatic heterocycles. The van der Waals surface area contributed by atoms with Gasteiger partial charge >= 0.3 is 0 Å². The van der Waals surface area contributed by atoms with Gasteiger partial charge in [0.15, 0.2) is 0 Å². The fraction of sp³-hybridized carbons (Fsp3) is 0.833. The Kier molecular flexibility index (Phi) is 3.29. The highest BCUT2D eigenvalue weighted by molar-refractivity contribution is 7.09. The average Bonchev–Trinajstić information content (AvgIpc) is 3.09. The molecule has 1 saturated heterocycles. The zero-order chi connectivity index (χ0) is 11.7. The lowest BCUT2D eigenvalue weighted by Crippen LogP contribution is -2.46. The third-order valence-electron chi connectivity index (χ3n) is 3.56. The highest BCUT2D eigenvalue weighted by atomic mass is 32.1. The molecule has 94 valence electrons. The first-order valence-corrected chi connectivity index (χ1v) is 7.45. The molecule has 2 heterocycles. The van der Waals surface area contributed by atoms with E-state index in [0.717, 1.165) is 24.0 Å². The molecule has 4 nitrogen and oxygen atoms in total. The maximum atomic E-state index is 4.68. The van der Waals surface area contributed by atoms with Crippen LogP contribution in [-0.4, -0.2) is 47.0 Å². The SMILES string of the molecule is CCCN1CCN(c2nc(C3CC3)ns2)CC1. The molecule has 1 aliphatic carbocycles. The molecule has 0 N–H and O–H groups in total. The van der Waals surface area contributed by atoms with E-state index in [1.807, 2.05) is 0 Å². The molecule has 1 aromatic heterocycles. The molecule has 0 aromatic carbocycles. The second-order valence-electron chi connectivity index (χ2n) is 5.04. The fourth-order valence-electron chi connectivity index (χ4n) is 2.34. The van der Waals surface area contributed by atoms with E-state index in [2.05, 4.69) is 26.1 Å². The minimum atomic E-state index is 0.682. The summed E-state index contributed by atoms with van der Waals surface area (Å²) in [4.78, 5) is 9.62.